The van der Waals surface area contributed by atoms with Gasteiger partial charge in [-0.3, -0.25) is 0 Å². The molecule has 0 saturated heterocycles. The van der Waals surface area contributed by atoms with Gasteiger partial charge in [0.15, 0.2) is 0 Å². The fourth-order valence-corrected chi connectivity index (χ4v) is 0.864. The van der Waals surface area contributed by atoms with Crippen LogP contribution in [0.1, 0.15) is 0 Å². The van der Waals surface area contributed by atoms with E-state index in [9.17, 15) is 0 Å². The Kier molecular flexibility index (Phi) is 7.41. The van der Waals surface area contributed by atoms with E-state index in [1.54, 1.807) is 0 Å². The summed E-state index contributed by atoms with van der Waals surface area (Å²) in [6.45, 7) is 1.97. The summed E-state index contributed by atoms with van der Waals surface area (Å²) in [4.78, 5) is 0. The van der Waals surface area contributed by atoms with E-state index in [1.165, 1.54) is 5.46 Å². The van der Waals surface area contributed by atoms with E-state index < -0.39 is 0 Å². The SMILES string of the molecule is CB(Cl)c1ccccc1.O.O. The van der Waals surface area contributed by atoms with Gasteiger partial charge in [-0.25, -0.2) is 0 Å². The highest BCUT2D eigenvalue weighted by molar-refractivity contribution is 7.13. The second-order valence-corrected chi connectivity index (χ2v) is 2.68. The lowest BCUT2D eigenvalue weighted by molar-refractivity contribution is 0.823. The standard InChI is InChI=1S/C7H8BCl.2H2O/c1-8(9)7-5-3-2-4-6-7;;/h2-6H,1H3;2*1H2. The van der Waals surface area contributed by atoms with Gasteiger partial charge in [-0.15, -0.1) is 0 Å². The first-order valence-electron chi connectivity index (χ1n) is 2.99. The lowest BCUT2D eigenvalue weighted by Gasteiger charge is -1.95. The Morgan fingerprint density at radius 3 is 1.82 bits per heavy atom. The topological polar surface area (TPSA) is 63.0 Å². The number of rotatable bonds is 1. The van der Waals surface area contributed by atoms with Crippen LogP contribution in [0.2, 0.25) is 6.82 Å². The van der Waals surface area contributed by atoms with Crippen LogP contribution in [0, 0.1) is 0 Å². The number of benzene rings is 1. The van der Waals surface area contributed by atoms with Gasteiger partial charge < -0.3 is 11.0 Å². The smallest absolute Gasteiger partial charge is 0.279 e. The first kappa shape index (κ1) is 13.1. The Labute approximate surface area is 71.8 Å². The van der Waals surface area contributed by atoms with Gasteiger partial charge in [-0.05, 0) is 0 Å². The first-order valence-corrected chi connectivity index (χ1v) is 3.43. The second-order valence-electron chi connectivity index (χ2n) is 2.03. The molecular formula is C7H12BClO2. The summed E-state index contributed by atoms with van der Waals surface area (Å²) >= 11 is 5.80. The zero-order valence-electron chi connectivity index (χ0n) is 6.34. The predicted octanol–water partition coefficient (Wildman–Crippen LogP) is 0.104. The Morgan fingerprint density at radius 2 is 1.55 bits per heavy atom. The van der Waals surface area contributed by atoms with Gasteiger partial charge in [0.2, 0.25) is 0 Å². The van der Waals surface area contributed by atoms with Crippen molar-refractivity contribution in [1.29, 1.82) is 0 Å². The quantitative estimate of drug-likeness (QED) is 0.542. The highest BCUT2D eigenvalue weighted by atomic mass is 35.5. The van der Waals surface area contributed by atoms with Crippen molar-refractivity contribution in [2.45, 2.75) is 6.82 Å². The summed E-state index contributed by atoms with van der Waals surface area (Å²) < 4.78 is 0. The molecule has 4 heteroatoms. The van der Waals surface area contributed by atoms with E-state index in [2.05, 4.69) is 0 Å². The molecule has 0 saturated carbocycles. The third-order valence-electron chi connectivity index (χ3n) is 1.26. The molecule has 1 aromatic rings. The molecule has 0 aliphatic carbocycles. The molecule has 0 unspecified atom stereocenters. The van der Waals surface area contributed by atoms with Crippen molar-refractivity contribution in [2.24, 2.45) is 0 Å². The van der Waals surface area contributed by atoms with E-state index in [0.717, 1.165) is 0 Å². The fourth-order valence-electron chi connectivity index (χ4n) is 0.718. The highest BCUT2D eigenvalue weighted by Gasteiger charge is 2.02. The molecule has 0 radical (unpaired) electrons. The van der Waals surface area contributed by atoms with Gasteiger partial charge in [0.1, 0.15) is 0 Å². The minimum atomic E-state index is 0. The Bertz CT molecular complexity index is 179. The van der Waals surface area contributed by atoms with E-state index in [0.29, 0.717) is 0 Å². The van der Waals surface area contributed by atoms with Gasteiger partial charge in [-0.1, -0.05) is 42.6 Å². The minimum Gasteiger partial charge on any atom is -0.412 e. The van der Waals surface area contributed by atoms with Crippen molar-refractivity contribution in [3.05, 3.63) is 30.3 Å². The molecule has 0 aliphatic rings. The maximum Gasteiger partial charge on any atom is 0.279 e. The molecule has 62 valence electrons. The van der Waals surface area contributed by atoms with Crippen molar-refractivity contribution in [3.8, 4) is 0 Å². The zero-order chi connectivity index (χ0) is 6.69. The largest absolute Gasteiger partial charge is 0.412 e. The lowest BCUT2D eigenvalue weighted by atomic mass is 9.71. The molecule has 0 fully saturated rings. The van der Waals surface area contributed by atoms with E-state index in [1.807, 2.05) is 37.2 Å². The summed E-state index contributed by atoms with van der Waals surface area (Å²) in [6, 6.07) is 10.0. The molecule has 2 nitrogen and oxygen atoms in total. The van der Waals surface area contributed by atoms with Crippen LogP contribution in [0.5, 0.6) is 0 Å². The van der Waals surface area contributed by atoms with E-state index >= 15 is 0 Å². The van der Waals surface area contributed by atoms with Gasteiger partial charge in [0.05, 0.1) is 0 Å². The van der Waals surface area contributed by atoms with Crippen LogP contribution >= 0.6 is 11.5 Å². The van der Waals surface area contributed by atoms with Crippen LogP contribution in [0.15, 0.2) is 30.3 Å². The van der Waals surface area contributed by atoms with Crippen LogP contribution < -0.4 is 5.46 Å². The first-order chi connectivity index (χ1) is 4.30. The van der Waals surface area contributed by atoms with Gasteiger partial charge in [-0.2, -0.15) is 11.5 Å². The van der Waals surface area contributed by atoms with Crippen molar-refractivity contribution >= 4 is 23.1 Å². The predicted molar refractivity (Wildman–Crippen MR) is 50.8 cm³/mol. The molecule has 0 aliphatic heterocycles. The van der Waals surface area contributed by atoms with Crippen LogP contribution in [-0.4, -0.2) is 17.1 Å². The van der Waals surface area contributed by atoms with Crippen molar-refractivity contribution in [3.63, 3.8) is 0 Å². The third-order valence-corrected chi connectivity index (χ3v) is 1.51. The average Bonchev–Trinajstić information content (AvgIpc) is 1.90. The number of hydrogen-bond donors (Lipinski definition) is 0. The third kappa shape index (κ3) is 4.04. The molecule has 0 atom stereocenters. The summed E-state index contributed by atoms with van der Waals surface area (Å²) in [6.07, 6.45) is 0.131. The van der Waals surface area contributed by atoms with Crippen LogP contribution in [0.25, 0.3) is 0 Å². The zero-order valence-corrected chi connectivity index (χ0v) is 7.10. The Hall–Kier alpha value is -0.505. The van der Waals surface area contributed by atoms with Gasteiger partial charge >= 0.3 is 0 Å². The summed E-state index contributed by atoms with van der Waals surface area (Å²) in [5.41, 5.74) is 1.18. The number of halogens is 1. The molecule has 11 heavy (non-hydrogen) atoms. The van der Waals surface area contributed by atoms with Crippen molar-refractivity contribution in [1.82, 2.24) is 0 Å². The summed E-state index contributed by atoms with van der Waals surface area (Å²) in [5, 5.41) is 0. The molecule has 0 bridgehead atoms. The highest BCUT2D eigenvalue weighted by Crippen LogP contribution is 1.90. The fraction of sp³-hybridized carbons (Fsp3) is 0.143. The summed E-state index contributed by atoms with van der Waals surface area (Å²) in [5.74, 6) is 0. The minimum absolute atomic E-state index is 0. The Balaban J connectivity index is 0. The van der Waals surface area contributed by atoms with Crippen LogP contribution in [-0.2, 0) is 0 Å². The molecule has 1 aromatic carbocycles. The van der Waals surface area contributed by atoms with E-state index in [-0.39, 0.29) is 17.1 Å². The van der Waals surface area contributed by atoms with Crippen LogP contribution in [0.3, 0.4) is 0 Å². The monoisotopic (exact) mass is 174 g/mol. The van der Waals surface area contributed by atoms with E-state index in [4.69, 9.17) is 11.5 Å². The molecule has 0 spiro atoms. The number of hydrogen-bond acceptors (Lipinski definition) is 0. The molecule has 4 N–H and O–H groups in total. The lowest BCUT2D eigenvalue weighted by Crippen LogP contribution is -2.18. The van der Waals surface area contributed by atoms with Crippen molar-refractivity contribution in [2.75, 3.05) is 0 Å². The molecule has 0 heterocycles. The molecule has 1 rings (SSSR count). The van der Waals surface area contributed by atoms with Crippen LogP contribution in [0.4, 0.5) is 0 Å². The second kappa shape index (κ2) is 6.22. The Morgan fingerprint density at radius 1 is 1.09 bits per heavy atom. The molecular weight excluding hydrogens is 162 g/mol. The maximum atomic E-state index is 5.80. The van der Waals surface area contributed by atoms with Gasteiger partial charge in [0.25, 0.3) is 6.13 Å². The average molecular weight is 174 g/mol. The van der Waals surface area contributed by atoms with Gasteiger partial charge in [0, 0.05) is 0 Å². The maximum absolute atomic E-state index is 5.80. The van der Waals surface area contributed by atoms with Crippen molar-refractivity contribution < 1.29 is 11.0 Å². The molecule has 0 amide bonds. The summed E-state index contributed by atoms with van der Waals surface area (Å²) in [7, 11) is 0. The molecule has 0 aromatic heterocycles. The normalized spacial score (nSPS) is 7.45.